The number of hydrogen-bond donors (Lipinski definition) is 0. The summed E-state index contributed by atoms with van der Waals surface area (Å²) in [6.45, 7) is 5.27. The van der Waals surface area contributed by atoms with Crippen LogP contribution in [0.2, 0.25) is 0 Å². The molecular formula is C22H24N2O2S2. The van der Waals surface area contributed by atoms with Crippen LogP contribution < -0.4 is 0 Å². The third kappa shape index (κ3) is 3.94. The maximum Gasteiger partial charge on any atom is 0.233 e. The summed E-state index contributed by atoms with van der Waals surface area (Å²) in [5.74, 6) is 1.31. The smallest absolute Gasteiger partial charge is 0.233 e. The molecule has 146 valence electrons. The Morgan fingerprint density at radius 1 is 0.714 bits per heavy atom. The summed E-state index contributed by atoms with van der Waals surface area (Å²) < 4.78 is 0. The molecule has 2 fully saturated rings. The fraction of sp³-hybridized carbons (Fsp3) is 0.364. The van der Waals surface area contributed by atoms with E-state index in [-0.39, 0.29) is 22.6 Å². The lowest BCUT2D eigenvalue weighted by Crippen LogP contribution is -2.39. The summed E-state index contributed by atoms with van der Waals surface area (Å²) in [4.78, 5) is 28.9. The molecule has 0 N–H and O–H groups in total. The van der Waals surface area contributed by atoms with Crippen molar-refractivity contribution in [1.82, 2.24) is 9.80 Å². The van der Waals surface area contributed by atoms with Crippen LogP contribution in [-0.2, 0) is 9.59 Å². The van der Waals surface area contributed by atoms with Crippen LogP contribution in [0.15, 0.2) is 48.5 Å². The van der Waals surface area contributed by atoms with Crippen LogP contribution in [0, 0.1) is 13.8 Å². The fourth-order valence-corrected chi connectivity index (χ4v) is 6.06. The molecule has 4 rings (SSSR count). The lowest BCUT2D eigenvalue weighted by Gasteiger charge is -2.29. The van der Waals surface area contributed by atoms with Gasteiger partial charge in [0.1, 0.15) is 10.7 Å². The number of rotatable bonds is 5. The largest absolute Gasteiger partial charge is 0.324 e. The lowest BCUT2D eigenvalue weighted by atomic mass is 10.1. The maximum absolute atomic E-state index is 12.5. The molecule has 0 aliphatic carbocycles. The number of benzene rings is 2. The van der Waals surface area contributed by atoms with E-state index in [1.165, 1.54) is 11.1 Å². The monoisotopic (exact) mass is 412 g/mol. The first-order valence-electron chi connectivity index (χ1n) is 9.48. The zero-order chi connectivity index (χ0) is 19.7. The first kappa shape index (κ1) is 19.4. The second kappa shape index (κ2) is 8.21. The van der Waals surface area contributed by atoms with E-state index in [2.05, 4.69) is 62.4 Å². The molecule has 2 saturated heterocycles. The van der Waals surface area contributed by atoms with E-state index in [1.807, 2.05) is 9.80 Å². The third-order valence-corrected chi connectivity index (χ3v) is 7.76. The van der Waals surface area contributed by atoms with Crippen molar-refractivity contribution in [3.63, 3.8) is 0 Å². The molecule has 2 aromatic rings. The number of hydrogen-bond acceptors (Lipinski definition) is 4. The van der Waals surface area contributed by atoms with Crippen LogP contribution in [0.1, 0.15) is 33.0 Å². The fourth-order valence-electron chi connectivity index (χ4n) is 3.62. The lowest BCUT2D eigenvalue weighted by molar-refractivity contribution is -0.132. The highest BCUT2D eigenvalue weighted by molar-refractivity contribution is 8.00. The summed E-state index contributed by atoms with van der Waals surface area (Å²) in [7, 11) is 0. The second-order valence-corrected chi connectivity index (χ2v) is 9.46. The third-order valence-electron chi connectivity index (χ3n) is 5.24. The van der Waals surface area contributed by atoms with Crippen LogP contribution in [0.25, 0.3) is 0 Å². The molecule has 2 atom stereocenters. The molecule has 0 radical (unpaired) electrons. The number of nitrogens with zero attached hydrogens (tertiary/aromatic N) is 2. The summed E-state index contributed by atoms with van der Waals surface area (Å²) >= 11 is 3.33. The topological polar surface area (TPSA) is 40.6 Å². The van der Waals surface area contributed by atoms with Gasteiger partial charge in [-0.2, -0.15) is 0 Å². The van der Waals surface area contributed by atoms with Gasteiger partial charge in [0.25, 0.3) is 0 Å². The predicted molar refractivity (Wildman–Crippen MR) is 116 cm³/mol. The number of amides is 2. The molecule has 0 aromatic heterocycles. The Hall–Kier alpha value is -1.92. The maximum atomic E-state index is 12.5. The molecule has 2 aliphatic heterocycles. The molecule has 0 bridgehead atoms. The van der Waals surface area contributed by atoms with Crippen LogP contribution in [-0.4, -0.2) is 46.2 Å². The van der Waals surface area contributed by atoms with E-state index in [0.717, 1.165) is 11.1 Å². The van der Waals surface area contributed by atoms with Crippen LogP contribution >= 0.6 is 23.5 Å². The van der Waals surface area contributed by atoms with Crippen LogP contribution in [0.5, 0.6) is 0 Å². The van der Waals surface area contributed by atoms with Crippen molar-refractivity contribution >= 4 is 35.3 Å². The molecule has 2 amide bonds. The molecule has 28 heavy (non-hydrogen) atoms. The number of carbonyl (C=O) groups excluding carboxylic acids is 2. The predicted octanol–water partition coefficient (Wildman–Crippen LogP) is 4.15. The summed E-state index contributed by atoms with van der Waals surface area (Å²) in [6, 6.07) is 16.8. The van der Waals surface area contributed by atoms with E-state index in [9.17, 15) is 9.59 Å². The molecule has 6 heteroatoms. The average Bonchev–Trinajstić information content (AvgIpc) is 3.24. The van der Waals surface area contributed by atoms with Crippen molar-refractivity contribution in [3.05, 3.63) is 70.8 Å². The number of aryl methyl sites for hydroxylation is 2. The Balaban J connectivity index is 1.48. The highest BCUT2D eigenvalue weighted by Gasteiger charge is 2.36. The van der Waals surface area contributed by atoms with Crippen molar-refractivity contribution in [1.29, 1.82) is 0 Å². The molecule has 0 spiro atoms. The van der Waals surface area contributed by atoms with Gasteiger partial charge in [-0.15, -0.1) is 23.5 Å². The van der Waals surface area contributed by atoms with Crippen LogP contribution in [0.4, 0.5) is 0 Å². The Labute approximate surface area is 174 Å². The van der Waals surface area contributed by atoms with E-state index in [1.54, 1.807) is 23.5 Å². The Kier molecular flexibility index (Phi) is 5.69. The highest BCUT2D eigenvalue weighted by atomic mass is 32.2. The van der Waals surface area contributed by atoms with Gasteiger partial charge >= 0.3 is 0 Å². The van der Waals surface area contributed by atoms with E-state index in [4.69, 9.17) is 0 Å². The minimum absolute atomic E-state index is 0.0382. The Morgan fingerprint density at radius 2 is 1.07 bits per heavy atom. The first-order valence-corrected chi connectivity index (χ1v) is 11.6. The van der Waals surface area contributed by atoms with Crippen molar-refractivity contribution in [2.24, 2.45) is 0 Å². The number of thioether (sulfide) groups is 2. The highest BCUT2D eigenvalue weighted by Crippen LogP contribution is 2.41. The quantitative estimate of drug-likeness (QED) is 0.740. The van der Waals surface area contributed by atoms with Crippen molar-refractivity contribution in [3.8, 4) is 0 Å². The molecule has 0 saturated carbocycles. The molecule has 4 nitrogen and oxygen atoms in total. The van der Waals surface area contributed by atoms with Gasteiger partial charge in [0, 0.05) is 13.1 Å². The molecule has 2 heterocycles. The van der Waals surface area contributed by atoms with E-state index in [0.29, 0.717) is 24.6 Å². The zero-order valence-corrected chi connectivity index (χ0v) is 17.8. The molecule has 0 unspecified atom stereocenters. The SMILES string of the molecule is Cc1ccc([C@@H]2SCC(=O)N2CCN2C(=O)CS[C@H]2c2ccc(C)cc2)cc1. The average molecular weight is 413 g/mol. The Bertz CT molecular complexity index is 794. The second-order valence-electron chi connectivity index (χ2n) is 7.32. The van der Waals surface area contributed by atoms with Gasteiger partial charge in [-0.3, -0.25) is 9.59 Å². The number of carbonyl (C=O) groups is 2. The van der Waals surface area contributed by atoms with Crippen LogP contribution in [0.3, 0.4) is 0 Å². The van der Waals surface area contributed by atoms with Gasteiger partial charge in [-0.05, 0) is 25.0 Å². The standard InChI is InChI=1S/C22H24N2O2S2/c1-15-3-7-17(8-4-15)21-23(19(25)13-27-21)11-12-24-20(26)14-28-22(24)18-9-5-16(2)6-10-18/h3-10,21-22H,11-14H2,1-2H3/t21-,22-/m0/s1. The zero-order valence-electron chi connectivity index (χ0n) is 16.1. The van der Waals surface area contributed by atoms with Crippen molar-refractivity contribution < 1.29 is 9.59 Å². The van der Waals surface area contributed by atoms with Crippen molar-refractivity contribution in [2.75, 3.05) is 24.6 Å². The van der Waals surface area contributed by atoms with Gasteiger partial charge in [0.15, 0.2) is 0 Å². The van der Waals surface area contributed by atoms with E-state index >= 15 is 0 Å². The van der Waals surface area contributed by atoms with Crippen molar-refractivity contribution in [2.45, 2.75) is 24.6 Å². The summed E-state index contributed by atoms with van der Waals surface area (Å²) in [5.41, 5.74) is 4.73. The minimum atomic E-state index is 0.0382. The summed E-state index contributed by atoms with van der Waals surface area (Å²) in [5, 5.41) is 0.0765. The first-order chi connectivity index (χ1) is 13.5. The van der Waals surface area contributed by atoms with Gasteiger partial charge in [0.05, 0.1) is 11.5 Å². The molecule has 2 aromatic carbocycles. The van der Waals surface area contributed by atoms with Gasteiger partial charge in [-0.1, -0.05) is 59.7 Å². The molecular weight excluding hydrogens is 388 g/mol. The van der Waals surface area contributed by atoms with Gasteiger partial charge in [-0.25, -0.2) is 0 Å². The summed E-state index contributed by atoms with van der Waals surface area (Å²) in [6.07, 6.45) is 0. The van der Waals surface area contributed by atoms with Gasteiger partial charge < -0.3 is 9.80 Å². The normalized spacial score (nSPS) is 22.4. The van der Waals surface area contributed by atoms with Gasteiger partial charge in [0.2, 0.25) is 11.8 Å². The minimum Gasteiger partial charge on any atom is -0.324 e. The van der Waals surface area contributed by atoms with E-state index < -0.39 is 0 Å². The Morgan fingerprint density at radius 3 is 1.43 bits per heavy atom. The molecule has 2 aliphatic rings.